The lowest BCUT2D eigenvalue weighted by atomic mass is 9.59. The van der Waals surface area contributed by atoms with E-state index < -0.39 is 10.6 Å². The van der Waals surface area contributed by atoms with Crippen LogP contribution in [-0.2, 0) is 0 Å². The molecule has 0 aliphatic rings. The van der Waals surface area contributed by atoms with E-state index >= 15 is 0 Å². The smallest absolute Gasteiger partial charge is 0.268 e. The van der Waals surface area contributed by atoms with Crippen molar-refractivity contribution in [1.29, 1.82) is 0 Å². The number of para-hydroxylation sites is 1. The maximum Gasteiger partial charge on any atom is 0.268 e. The van der Waals surface area contributed by atoms with Crippen molar-refractivity contribution in [3.63, 3.8) is 0 Å². The lowest BCUT2D eigenvalue weighted by molar-refractivity contribution is -0.382. The van der Waals surface area contributed by atoms with Crippen molar-refractivity contribution in [1.82, 2.24) is 4.40 Å². The molecule has 13 heteroatoms. The van der Waals surface area contributed by atoms with Gasteiger partial charge in [-0.15, -0.1) is 27.3 Å². The molecule has 4 nitrogen and oxygen atoms in total. The average Bonchev–Trinajstić information content (AvgIpc) is 3.52. The van der Waals surface area contributed by atoms with Gasteiger partial charge in [0.1, 0.15) is 70.6 Å². The van der Waals surface area contributed by atoms with Gasteiger partial charge in [-0.2, -0.15) is 0 Å². The topological polar surface area (TPSA) is 47.5 Å². The SMILES string of the molecule is [B]c1c([B])c([B])c(-c2ccc3c4ccccc4n4c5cccc(-c6c([B])c([B])c([B])c([B])c6[N+](=O)[O-])c5c2c34)c([B])c1[B]. The highest BCUT2D eigenvalue weighted by molar-refractivity contribution is 6.69. The first-order valence-electron chi connectivity index (χ1n) is 13.1. The number of fused-ring (bicyclic) bond motifs is 6. The molecule has 7 aromatic rings. The molecule has 2 heterocycles. The fourth-order valence-electron chi connectivity index (χ4n) is 6.38. The predicted octanol–water partition coefficient (Wildman–Crippen LogP) is -2.78. The van der Waals surface area contributed by atoms with Crippen LogP contribution in [0.5, 0.6) is 0 Å². The summed E-state index contributed by atoms with van der Waals surface area (Å²) in [6.07, 6.45) is 0. The molecule has 0 N–H and O–H groups in total. The summed E-state index contributed by atoms with van der Waals surface area (Å²) in [6.45, 7) is 0. The van der Waals surface area contributed by atoms with E-state index in [1.54, 1.807) is 12.1 Å². The van der Waals surface area contributed by atoms with Crippen LogP contribution >= 0.6 is 0 Å². The second-order valence-electron chi connectivity index (χ2n) is 10.5. The third-order valence-electron chi connectivity index (χ3n) is 8.42. The number of nitro groups is 1. The van der Waals surface area contributed by atoms with Gasteiger partial charge in [0.15, 0.2) is 0 Å². The molecule has 0 fully saturated rings. The Kier molecular flexibility index (Phi) is 6.08. The van der Waals surface area contributed by atoms with Crippen LogP contribution in [0.4, 0.5) is 5.69 Å². The van der Waals surface area contributed by atoms with Gasteiger partial charge in [0.25, 0.3) is 5.69 Å². The molecular formula is C30H9B9N2O2. The zero-order valence-electron chi connectivity index (χ0n) is 22.6. The zero-order chi connectivity index (χ0) is 30.6. The Balaban J connectivity index is 1.79. The number of rotatable bonds is 3. The zero-order valence-corrected chi connectivity index (χ0v) is 22.6. The molecule has 18 radical (unpaired) electrons. The first kappa shape index (κ1) is 27.7. The van der Waals surface area contributed by atoms with E-state index in [4.69, 9.17) is 70.6 Å². The molecule has 43 heavy (non-hydrogen) atoms. The van der Waals surface area contributed by atoms with Crippen molar-refractivity contribution >= 4 is 164 Å². The molecule has 0 spiro atoms. The fourth-order valence-corrected chi connectivity index (χ4v) is 6.38. The minimum absolute atomic E-state index is 0.0429. The van der Waals surface area contributed by atoms with Crippen molar-refractivity contribution in [3.05, 3.63) is 64.7 Å². The number of hydrogen-bond donors (Lipinski definition) is 0. The molecule has 2 aromatic heterocycles. The van der Waals surface area contributed by atoms with Gasteiger partial charge in [-0.1, -0.05) is 58.9 Å². The van der Waals surface area contributed by atoms with Crippen LogP contribution in [0, 0.1) is 10.1 Å². The quantitative estimate of drug-likeness (QED) is 0.142. The number of nitro benzene ring substituents is 1. The third kappa shape index (κ3) is 3.51. The van der Waals surface area contributed by atoms with Crippen LogP contribution in [-0.4, -0.2) is 79.9 Å². The number of benzene rings is 5. The van der Waals surface area contributed by atoms with Crippen LogP contribution in [0.1, 0.15) is 0 Å². The Morgan fingerprint density at radius 3 is 1.70 bits per heavy atom. The first-order chi connectivity index (χ1) is 20.5. The summed E-state index contributed by atoms with van der Waals surface area (Å²) in [5, 5.41) is 15.7. The second-order valence-corrected chi connectivity index (χ2v) is 10.5. The van der Waals surface area contributed by atoms with Gasteiger partial charge >= 0.3 is 0 Å². The highest BCUT2D eigenvalue weighted by atomic mass is 16.6. The molecule has 178 valence electrons. The molecule has 0 unspecified atom stereocenters. The van der Waals surface area contributed by atoms with Crippen LogP contribution in [0.25, 0.3) is 60.3 Å². The summed E-state index contributed by atoms with van der Waals surface area (Å²) in [7, 11) is 56.7. The lowest BCUT2D eigenvalue weighted by Crippen LogP contribution is -2.55. The molecule has 0 aliphatic heterocycles. The van der Waals surface area contributed by atoms with Crippen LogP contribution < -0.4 is 49.2 Å². The molecule has 0 aliphatic carbocycles. The molecule has 0 bridgehead atoms. The van der Waals surface area contributed by atoms with Crippen LogP contribution in [0.2, 0.25) is 0 Å². The van der Waals surface area contributed by atoms with Gasteiger partial charge in [-0.05, 0) is 34.3 Å². The number of aromatic nitrogens is 1. The second kappa shape index (κ2) is 9.44. The molecule has 0 atom stereocenters. The largest absolute Gasteiger partial charge is 0.308 e. The predicted molar refractivity (Wildman–Crippen MR) is 187 cm³/mol. The normalized spacial score (nSPS) is 11.8. The Hall–Kier alpha value is -4.12. The van der Waals surface area contributed by atoms with Gasteiger partial charge < -0.3 is 4.40 Å². The highest BCUT2D eigenvalue weighted by Crippen LogP contribution is 2.46. The van der Waals surface area contributed by atoms with Gasteiger partial charge in [0.2, 0.25) is 0 Å². The number of hydrogen-bond acceptors (Lipinski definition) is 2. The molecule has 0 amide bonds. The summed E-state index contributed by atoms with van der Waals surface area (Å²) in [6, 6.07) is 17.2. The first-order valence-corrected chi connectivity index (χ1v) is 13.1. The molecule has 5 aromatic carbocycles. The van der Waals surface area contributed by atoms with Crippen LogP contribution in [0.15, 0.2) is 54.6 Å². The molecule has 0 saturated heterocycles. The Morgan fingerprint density at radius 2 is 1.05 bits per heavy atom. The number of nitrogens with zero attached hydrogens (tertiary/aromatic N) is 2. The van der Waals surface area contributed by atoms with Gasteiger partial charge in [0, 0.05) is 21.5 Å². The lowest BCUT2D eigenvalue weighted by Gasteiger charge is -2.22. The minimum atomic E-state index is -0.611. The average molecular weight is 527 g/mol. The van der Waals surface area contributed by atoms with Gasteiger partial charge in [0.05, 0.1) is 27.0 Å². The third-order valence-corrected chi connectivity index (χ3v) is 8.42. The van der Waals surface area contributed by atoms with E-state index in [1.807, 2.05) is 42.5 Å². The minimum Gasteiger partial charge on any atom is -0.308 e. The highest BCUT2D eigenvalue weighted by Gasteiger charge is 2.29. The fraction of sp³-hybridized carbons (Fsp3) is 0. The van der Waals surface area contributed by atoms with Gasteiger partial charge in [-0.25, -0.2) is 0 Å². The van der Waals surface area contributed by atoms with Crippen molar-refractivity contribution in [2.24, 2.45) is 0 Å². The Bertz CT molecular complexity index is 2350. The monoisotopic (exact) mass is 528 g/mol. The maximum absolute atomic E-state index is 12.4. The maximum atomic E-state index is 12.4. The molecule has 0 saturated carbocycles. The van der Waals surface area contributed by atoms with E-state index in [9.17, 15) is 10.1 Å². The van der Waals surface area contributed by atoms with Crippen molar-refractivity contribution in [2.45, 2.75) is 0 Å². The summed E-state index contributed by atoms with van der Waals surface area (Å²) in [5.74, 6) is 0. The Morgan fingerprint density at radius 1 is 0.512 bits per heavy atom. The van der Waals surface area contributed by atoms with E-state index in [2.05, 4.69) is 4.40 Å². The van der Waals surface area contributed by atoms with Crippen molar-refractivity contribution < 1.29 is 4.92 Å². The van der Waals surface area contributed by atoms with E-state index in [0.717, 1.165) is 27.3 Å². The van der Waals surface area contributed by atoms with Crippen molar-refractivity contribution in [3.8, 4) is 22.3 Å². The van der Waals surface area contributed by atoms with Gasteiger partial charge in [-0.3, -0.25) is 10.1 Å². The molecule has 7 rings (SSSR count). The van der Waals surface area contributed by atoms with E-state index in [1.165, 1.54) is 0 Å². The summed E-state index contributed by atoms with van der Waals surface area (Å²) in [4.78, 5) is 11.8. The summed E-state index contributed by atoms with van der Waals surface area (Å²) < 4.78 is 2.09. The van der Waals surface area contributed by atoms with Crippen molar-refractivity contribution in [2.75, 3.05) is 0 Å². The van der Waals surface area contributed by atoms with E-state index in [-0.39, 0.29) is 54.7 Å². The van der Waals surface area contributed by atoms with E-state index in [0.29, 0.717) is 27.5 Å². The molecular weight excluding hydrogens is 518 g/mol. The summed E-state index contributed by atoms with van der Waals surface area (Å²) in [5.41, 5.74) is 3.50. The standard InChI is InChI=1S/C30H9B9N2O2/c31-20-18(21(32)24(35)26(37)23(20)34)13-9-8-11-10-4-1-2-6-14(10)40-15-7-3-5-12(16(15)17(13)29(11)40)19-22(33)25(36)27(38)28(39)30(19)41(42)43/h1-9H. The van der Waals surface area contributed by atoms with Crippen LogP contribution in [0.3, 0.4) is 0 Å². The summed E-state index contributed by atoms with van der Waals surface area (Å²) >= 11 is 0. The Labute approximate surface area is 259 Å².